The summed E-state index contributed by atoms with van der Waals surface area (Å²) < 4.78 is 5.60. The number of aromatic amines is 2. The van der Waals surface area contributed by atoms with Gasteiger partial charge in [-0.2, -0.15) is 0 Å². The number of carbonyl (C=O) groups excluding carboxylic acids is 3. The summed E-state index contributed by atoms with van der Waals surface area (Å²) in [7, 11) is 0. The van der Waals surface area contributed by atoms with Crippen molar-refractivity contribution < 1.29 is 19.1 Å². The minimum atomic E-state index is -1.06. The second kappa shape index (κ2) is 14.3. The van der Waals surface area contributed by atoms with Crippen LogP contribution in [0.2, 0.25) is 0 Å². The van der Waals surface area contributed by atoms with Gasteiger partial charge in [0.15, 0.2) is 0 Å². The van der Waals surface area contributed by atoms with Crippen molar-refractivity contribution in [3.63, 3.8) is 0 Å². The molecule has 3 aromatic rings. The molecule has 0 bridgehead atoms. The second-order valence-corrected chi connectivity index (χ2v) is 13.0. The quantitative estimate of drug-likeness (QED) is 0.136. The van der Waals surface area contributed by atoms with Crippen LogP contribution >= 0.6 is 0 Å². The number of nitrogens with one attached hydrogen (secondary N) is 5. The van der Waals surface area contributed by atoms with Crippen LogP contribution in [0.25, 0.3) is 10.9 Å². The van der Waals surface area contributed by atoms with Crippen molar-refractivity contribution >= 4 is 28.8 Å². The molecule has 44 heavy (non-hydrogen) atoms. The van der Waals surface area contributed by atoms with E-state index in [-0.39, 0.29) is 11.9 Å². The molecule has 1 aliphatic heterocycles. The number of piperazine rings is 1. The lowest BCUT2D eigenvalue weighted by atomic mass is 9.88. The van der Waals surface area contributed by atoms with E-state index in [0.717, 1.165) is 36.0 Å². The molecule has 240 valence electrons. The van der Waals surface area contributed by atoms with Crippen molar-refractivity contribution in [1.82, 2.24) is 35.8 Å². The average Bonchev–Trinajstić information content (AvgIpc) is 3.64. The van der Waals surface area contributed by atoms with Crippen molar-refractivity contribution in [2.45, 2.75) is 83.4 Å². The van der Waals surface area contributed by atoms with Gasteiger partial charge in [0.25, 0.3) is 0 Å². The van der Waals surface area contributed by atoms with Crippen LogP contribution in [0.15, 0.2) is 36.7 Å². The number of ether oxygens (including phenoxy) is 1. The largest absolute Gasteiger partial charge is 0.458 e. The van der Waals surface area contributed by atoms with Gasteiger partial charge >= 0.3 is 12.0 Å². The number of nitrogens with zero attached hydrogens (tertiary/aromatic N) is 2. The predicted octanol–water partition coefficient (Wildman–Crippen LogP) is 3.02. The van der Waals surface area contributed by atoms with Gasteiger partial charge in [-0.3, -0.25) is 4.79 Å². The second-order valence-electron chi connectivity index (χ2n) is 13.0. The Morgan fingerprint density at radius 2 is 1.80 bits per heavy atom. The maximum atomic E-state index is 13.7. The molecule has 3 amide bonds. The Morgan fingerprint density at radius 3 is 2.50 bits per heavy atom. The molecule has 0 saturated carbocycles. The number of esters is 1. The molecule has 2 atom stereocenters. The van der Waals surface area contributed by atoms with Crippen LogP contribution in [0.1, 0.15) is 77.0 Å². The smallest absolute Gasteiger partial charge is 0.329 e. The molecular formula is C32H48N8O4. The summed E-state index contributed by atoms with van der Waals surface area (Å²) >= 11 is 0. The number of hydrogen-bond acceptors (Lipinski definition) is 7. The third-order valence-corrected chi connectivity index (χ3v) is 7.91. The first-order valence-electron chi connectivity index (χ1n) is 15.5. The first-order valence-corrected chi connectivity index (χ1v) is 15.5. The van der Waals surface area contributed by atoms with Crippen LogP contribution in [-0.2, 0) is 26.2 Å². The zero-order valence-electron chi connectivity index (χ0n) is 26.6. The summed E-state index contributed by atoms with van der Waals surface area (Å²) in [4.78, 5) is 53.0. The number of urea groups is 1. The van der Waals surface area contributed by atoms with Crippen molar-refractivity contribution in [2.75, 3.05) is 32.7 Å². The zero-order valence-corrected chi connectivity index (χ0v) is 26.6. The Balaban J connectivity index is 1.55. The van der Waals surface area contributed by atoms with E-state index in [1.54, 1.807) is 45.7 Å². The lowest BCUT2D eigenvalue weighted by Crippen LogP contribution is -2.51. The van der Waals surface area contributed by atoms with Crippen LogP contribution < -0.4 is 21.7 Å². The van der Waals surface area contributed by atoms with Gasteiger partial charge < -0.3 is 41.3 Å². The number of rotatable bonds is 12. The highest BCUT2D eigenvalue weighted by Gasteiger charge is 2.36. The average molecular weight is 609 g/mol. The third-order valence-electron chi connectivity index (χ3n) is 7.91. The number of benzene rings is 1. The van der Waals surface area contributed by atoms with E-state index >= 15 is 0 Å². The van der Waals surface area contributed by atoms with Crippen molar-refractivity contribution in [1.29, 1.82) is 0 Å². The molecule has 0 aliphatic carbocycles. The Bertz CT molecular complexity index is 1420. The highest BCUT2D eigenvalue weighted by atomic mass is 16.6. The molecule has 1 aliphatic rings. The lowest BCUT2D eigenvalue weighted by Gasteiger charge is -2.29. The van der Waals surface area contributed by atoms with E-state index in [0.29, 0.717) is 50.4 Å². The van der Waals surface area contributed by atoms with Gasteiger partial charge in [0.1, 0.15) is 17.5 Å². The highest BCUT2D eigenvalue weighted by molar-refractivity contribution is 5.91. The van der Waals surface area contributed by atoms with Crippen molar-refractivity contribution in [3.05, 3.63) is 53.7 Å². The Hall–Kier alpha value is -3.90. The monoisotopic (exact) mass is 608 g/mol. The minimum Gasteiger partial charge on any atom is -0.458 e. The van der Waals surface area contributed by atoms with Gasteiger partial charge in [-0.1, -0.05) is 18.2 Å². The highest BCUT2D eigenvalue weighted by Crippen LogP contribution is 2.27. The van der Waals surface area contributed by atoms with Crippen LogP contribution in [0.4, 0.5) is 4.79 Å². The standard InChI is InChI=1S/C32H48N8O4/c1-31(2,3)44-28(41)24(12-8-9-13-33)37-29(42)32(4,5)26-20-36-27(39-26)25(38-30(43)40-16-14-34-15-17-40)18-21-19-35-23-11-7-6-10-22(21)23/h6-7,10-11,19-20,24-25,34-35H,8-9,12-18,33H2,1-5H3,(H,36,39)(H,37,42)(H,38,43). The van der Waals surface area contributed by atoms with E-state index < -0.39 is 29.1 Å². The summed E-state index contributed by atoms with van der Waals surface area (Å²) in [6.07, 6.45) is 5.91. The third kappa shape index (κ3) is 8.38. The fourth-order valence-corrected chi connectivity index (χ4v) is 5.25. The normalized spacial score (nSPS) is 15.5. The van der Waals surface area contributed by atoms with Crippen LogP contribution in [0, 0.1) is 0 Å². The molecule has 2 unspecified atom stereocenters. The number of nitrogens with two attached hydrogens (primary N) is 1. The molecular weight excluding hydrogens is 560 g/mol. The Kier molecular flexibility index (Phi) is 10.7. The van der Waals surface area contributed by atoms with Gasteiger partial charge in [-0.25, -0.2) is 14.6 Å². The molecule has 0 spiro atoms. The maximum Gasteiger partial charge on any atom is 0.329 e. The number of para-hydroxylation sites is 1. The van der Waals surface area contributed by atoms with E-state index in [1.807, 2.05) is 30.5 Å². The maximum absolute atomic E-state index is 13.7. The topological polar surface area (TPSA) is 170 Å². The molecule has 1 aromatic carbocycles. The summed E-state index contributed by atoms with van der Waals surface area (Å²) in [5.74, 6) is -0.269. The van der Waals surface area contributed by atoms with Crippen LogP contribution in [0.3, 0.4) is 0 Å². The van der Waals surface area contributed by atoms with Gasteiger partial charge in [0.05, 0.1) is 11.5 Å². The molecule has 12 nitrogen and oxygen atoms in total. The number of amides is 3. The Labute approximate surface area is 259 Å². The van der Waals surface area contributed by atoms with Crippen LogP contribution in [0.5, 0.6) is 0 Å². The molecule has 1 fully saturated rings. The van der Waals surface area contributed by atoms with E-state index in [9.17, 15) is 14.4 Å². The first-order chi connectivity index (χ1) is 20.9. The molecule has 3 heterocycles. The molecule has 0 radical (unpaired) electrons. The fraction of sp³-hybridized carbons (Fsp3) is 0.562. The number of carbonyl (C=O) groups is 3. The van der Waals surface area contributed by atoms with E-state index in [2.05, 4.69) is 30.9 Å². The molecule has 2 aromatic heterocycles. The van der Waals surface area contributed by atoms with Gasteiger partial charge in [0, 0.05) is 61.6 Å². The summed E-state index contributed by atoms with van der Waals surface area (Å²) in [5.41, 5.74) is 6.53. The van der Waals surface area contributed by atoms with E-state index in [1.165, 1.54) is 0 Å². The SMILES string of the molecule is CC(C)(C)OC(=O)C(CCCCN)NC(=O)C(C)(C)c1cnc(C(Cc2c[nH]c3ccccc23)NC(=O)N2CCNCC2)[nH]1. The Morgan fingerprint density at radius 1 is 1.07 bits per heavy atom. The zero-order chi connectivity index (χ0) is 31.9. The number of unbranched alkanes of at least 4 members (excludes halogenated alkanes) is 1. The molecule has 12 heteroatoms. The molecule has 7 N–H and O–H groups in total. The number of aromatic nitrogens is 3. The fourth-order valence-electron chi connectivity index (χ4n) is 5.25. The molecule has 1 saturated heterocycles. The number of fused-ring (bicyclic) bond motifs is 1. The van der Waals surface area contributed by atoms with Gasteiger partial charge in [0.2, 0.25) is 5.91 Å². The lowest BCUT2D eigenvalue weighted by molar-refractivity contribution is -0.159. The molecule has 4 rings (SSSR count). The number of hydrogen-bond donors (Lipinski definition) is 6. The summed E-state index contributed by atoms with van der Waals surface area (Å²) in [6.45, 7) is 12.2. The van der Waals surface area contributed by atoms with Gasteiger partial charge in [-0.15, -0.1) is 0 Å². The van der Waals surface area contributed by atoms with Gasteiger partial charge in [-0.05, 0) is 72.1 Å². The van der Waals surface area contributed by atoms with Crippen molar-refractivity contribution in [2.24, 2.45) is 5.73 Å². The number of imidazole rings is 1. The first kappa shape index (κ1) is 33.0. The summed E-state index contributed by atoms with van der Waals surface area (Å²) in [5, 5.41) is 10.4. The minimum absolute atomic E-state index is 0.163. The predicted molar refractivity (Wildman–Crippen MR) is 170 cm³/mol. The van der Waals surface area contributed by atoms with E-state index in [4.69, 9.17) is 10.5 Å². The van der Waals surface area contributed by atoms with Crippen molar-refractivity contribution in [3.8, 4) is 0 Å². The summed E-state index contributed by atoms with van der Waals surface area (Å²) in [6, 6.07) is 6.58. The van der Waals surface area contributed by atoms with Crippen LogP contribution in [-0.4, -0.2) is 82.1 Å². The number of H-pyrrole nitrogens is 2.